The number of aryl methyl sites for hydroxylation is 1. The van der Waals surface area contributed by atoms with E-state index >= 15 is 0 Å². The Morgan fingerprint density at radius 2 is 2.06 bits per heavy atom. The summed E-state index contributed by atoms with van der Waals surface area (Å²) in [5, 5.41) is 11.6. The smallest absolute Gasteiger partial charge is 0.303 e. The fraction of sp³-hybridized carbons (Fsp3) is 0.231. The van der Waals surface area contributed by atoms with Crippen LogP contribution in [0, 0.1) is 0 Å². The topological polar surface area (TPSA) is 50.2 Å². The van der Waals surface area contributed by atoms with E-state index in [0.717, 1.165) is 22.7 Å². The van der Waals surface area contributed by atoms with E-state index in [1.807, 2.05) is 35.7 Å². The number of thiazole rings is 1. The summed E-state index contributed by atoms with van der Waals surface area (Å²) in [6.07, 6.45) is 1.58. The van der Waals surface area contributed by atoms with Gasteiger partial charge in [-0.1, -0.05) is 30.3 Å². The summed E-state index contributed by atoms with van der Waals surface area (Å²) in [4.78, 5) is 14.9. The number of benzene rings is 1. The monoisotopic (exact) mass is 247 g/mol. The molecular weight excluding hydrogens is 234 g/mol. The van der Waals surface area contributed by atoms with Crippen molar-refractivity contribution in [3.8, 4) is 10.6 Å². The number of aromatic nitrogens is 1. The summed E-state index contributed by atoms with van der Waals surface area (Å²) in [5.74, 6) is -0.747. The van der Waals surface area contributed by atoms with Gasteiger partial charge >= 0.3 is 5.97 Å². The summed E-state index contributed by atoms with van der Waals surface area (Å²) < 4.78 is 0. The number of hydrogen-bond donors (Lipinski definition) is 1. The number of rotatable bonds is 5. The van der Waals surface area contributed by atoms with Crippen molar-refractivity contribution in [1.29, 1.82) is 0 Å². The number of carboxylic acid groups (broad SMARTS) is 1. The average molecular weight is 247 g/mol. The Kier molecular flexibility index (Phi) is 3.88. The molecule has 1 aromatic carbocycles. The largest absolute Gasteiger partial charge is 0.481 e. The van der Waals surface area contributed by atoms with E-state index < -0.39 is 5.97 Å². The number of nitrogens with zero attached hydrogens (tertiary/aromatic N) is 1. The van der Waals surface area contributed by atoms with Gasteiger partial charge in [0.1, 0.15) is 5.01 Å². The van der Waals surface area contributed by atoms with E-state index in [4.69, 9.17) is 5.11 Å². The molecule has 0 atom stereocenters. The molecule has 4 heteroatoms. The van der Waals surface area contributed by atoms with Crippen molar-refractivity contribution in [3.05, 3.63) is 41.4 Å². The van der Waals surface area contributed by atoms with Gasteiger partial charge in [0.05, 0.1) is 5.69 Å². The molecule has 2 rings (SSSR count). The molecule has 0 saturated carbocycles. The summed E-state index contributed by atoms with van der Waals surface area (Å²) in [7, 11) is 0. The van der Waals surface area contributed by atoms with Crippen molar-refractivity contribution in [1.82, 2.24) is 4.98 Å². The Hall–Kier alpha value is -1.68. The molecule has 0 spiro atoms. The first-order chi connectivity index (χ1) is 8.25. The van der Waals surface area contributed by atoms with Gasteiger partial charge in [0.15, 0.2) is 0 Å². The summed E-state index contributed by atoms with van der Waals surface area (Å²) >= 11 is 1.60. The molecule has 1 N–H and O–H groups in total. The lowest BCUT2D eigenvalue weighted by Crippen LogP contribution is -1.95. The molecule has 3 nitrogen and oxygen atoms in total. The Morgan fingerprint density at radius 1 is 1.29 bits per heavy atom. The molecule has 1 aromatic heterocycles. The lowest BCUT2D eigenvalue weighted by atomic mass is 10.2. The maximum Gasteiger partial charge on any atom is 0.303 e. The molecule has 1 heterocycles. The highest BCUT2D eigenvalue weighted by atomic mass is 32.1. The van der Waals surface area contributed by atoms with Crippen LogP contribution in [0.3, 0.4) is 0 Å². The van der Waals surface area contributed by atoms with Gasteiger partial charge in [0.2, 0.25) is 0 Å². The minimum atomic E-state index is -0.747. The van der Waals surface area contributed by atoms with Crippen molar-refractivity contribution in [2.75, 3.05) is 0 Å². The second-order valence-corrected chi connectivity index (χ2v) is 4.62. The van der Waals surface area contributed by atoms with Crippen LogP contribution in [-0.4, -0.2) is 16.1 Å². The van der Waals surface area contributed by atoms with E-state index in [1.54, 1.807) is 11.3 Å². The fourth-order valence-corrected chi connectivity index (χ4v) is 2.42. The predicted octanol–water partition coefficient (Wildman–Crippen LogP) is 3.22. The first kappa shape index (κ1) is 11.8. The number of carboxylic acids is 1. The van der Waals surface area contributed by atoms with Crippen LogP contribution in [0.4, 0.5) is 0 Å². The Morgan fingerprint density at radius 3 is 2.76 bits per heavy atom. The molecule has 17 heavy (non-hydrogen) atoms. The van der Waals surface area contributed by atoms with Crippen LogP contribution in [0.1, 0.15) is 18.5 Å². The highest BCUT2D eigenvalue weighted by molar-refractivity contribution is 7.13. The molecular formula is C13H13NO2S. The summed E-state index contributed by atoms with van der Waals surface area (Å²) in [6, 6.07) is 10.0. The lowest BCUT2D eigenvalue weighted by Gasteiger charge is -1.95. The van der Waals surface area contributed by atoms with Crippen LogP contribution in [0.15, 0.2) is 35.7 Å². The first-order valence-corrected chi connectivity index (χ1v) is 6.35. The Balaban J connectivity index is 1.99. The third-order valence-corrected chi connectivity index (χ3v) is 3.34. The fourth-order valence-electron chi connectivity index (χ4n) is 1.56. The lowest BCUT2D eigenvalue weighted by molar-refractivity contribution is -0.137. The maximum absolute atomic E-state index is 10.4. The van der Waals surface area contributed by atoms with E-state index in [9.17, 15) is 4.79 Å². The number of aliphatic carboxylic acids is 1. The van der Waals surface area contributed by atoms with Crippen LogP contribution in [0.25, 0.3) is 10.6 Å². The van der Waals surface area contributed by atoms with Crippen LogP contribution in [-0.2, 0) is 11.2 Å². The van der Waals surface area contributed by atoms with Crippen LogP contribution < -0.4 is 0 Å². The third-order valence-electron chi connectivity index (χ3n) is 2.40. The van der Waals surface area contributed by atoms with Crippen molar-refractivity contribution < 1.29 is 9.90 Å². The van der Waals surface area contributed by atoms with Gasteiger partial charge in [-0.3, -0.25) is 4.79 Å². The summed E-state index contributed by atoms with van der Waals surface area (Å²) in [6.45, 7) is 0. The Bertz CT molecular complexity index is 493. The normalized spacial score (nSPS) is 10.4. The number of carbonyl (C=O) groups is 1. The second-order valence-electron chi connectivity index (χ2n) is 3.76. The van der Waals surface area contributed by atoms with E-state index in [0.29, 0.717) is 6.42 Å². The molecule has 2 aromatic rings. The minimum Gasteiger partial charge on any atom is -0.481 e. The quantitative estimate of drug-likeness (QED) is 0.882. The zero-order valence-electron chi connectivity index (χ0n) is 9.30. The minimum absolute atomic E-state index is 0.207. The Labute approximate surface area is 104 Å². The molecule has 0 saturated heterocycles. The molecule has 0 aliphatic heterocycles. The predicted molar refractivity (Wildman–Crippen MR) is 68.1 cm³/mol. The SMILES string of the molecule is O=C(O)CCCc1csc(-c2ccccc2)n1. The second kappa shape index (κ2) is 5.59. The molecule has 0 bridgehead atoms. The van der Waals surface area contributed by atoms with E-state index in [2.05, 4.69) is 4.98 Å². The van der Waals surface area contributed by atoms with Gasteiger partial charge in [-0.05, 0) is 12.8 Å². The van der Waals surface area contributed by atoms with Gasteiger partial charge in [-0.2, -0.15) is 0 Å². The van der Waals surface area contributed by atoms with Crippen LogP contribution >= 0.6 is 11.3 Å². The molecule has 0 fully saturated rings. The first-order valence-electron chi connectivity index (χ1n) is 5.47. The standard InChI is InChI=1S/C13H13NO2S/c15-12(16)8-4-7-11-9-17-13(14-11)10-5-2-1-3-6-10/h1-3,5-6,9H,4,7-8H2,(H,15,16). The van der Waals surface area contributed by atoms with Gasteiger partial charge in [0, 0.05) is 17.4 Å². The average Bonchev–Trinajstić information content (AvgIpc) is 2.78. The molecule has 0 aliphatic rings. The zero-order chi connectivity index (χ0) is 12.1. The summed E-state index contributed by atoms with van der Waals surface area (Å²) in [5.41, 5.74) is 2.09. The molecule has 88 valence electrons. The van der Waals surface area contributed by atoms with Crippen molar-refractivity contribution in [2.45, 2.75) is 19.3 Å². The molecule has 0 unspecified atom stereocenters. The van der Waals surface area contributed by atoms with Crippen molar-refractivity contribution >= 4 is 17.3 Å². The van der Waals surface area contributed by atoms with Crippen molar-refractivity contribution in [2.24, 2.45) is 0 Å². The highest BCUT2D eigenvalue weighted by Gasteiger charge is 2.05. The zero-order valence-corrected chi connectivity index (χ0v) is 10.1. The van der Waals surface area contributed by atoms with Crippen LogP contribution in [0.5, 0.6) is 0 Å². The molecule has 0 radical (unpaired) electrons. The molecule has 0 amide bonds. The van der Waals surface area contributed by atoms with Gasteiger partial charge in [-0.25, -0.2) is 4.98 Å². The van der Waals surface area contributed by atoms with Gasteiger partial charge < -0.3 is 5.11 Å². The van der Waals surface area contributed by atoms with Gasteiger partial charge in [-0.15, -0.1) is 11.3 Å². The van der Waals surface area contributed by atoms with E-state index in [1.165, 1.54) is 0 Å². The highest BCUT2D eigenvalue weighted by Crippen LogP contribution is 2.23. The number of hydrogen-bond acceptors (Lipinski definition) is 3. The van der Waals surface area contributed by atoms with Crippen LogP contribution in [0.2, 0.25) is 0 Å². The van der Waals surface area contributed by atoms with Gasteiger partial charge in [0.25, 0.3) is 0 Å². The van der Waals surface area contributed by atoms with E-state index in [-0.39, 0.29) is 6.42 Å². The van der Waals surface area contributed by atoms with Crippen molar-refractivity contribution in [3.63, 3.8) is 0 Å². The third kappa shape index (κ3) is 3.39. The molecule has 0 aliphatic carbocycles. The maximum atomic E-state index is 10.4.